The fourth-order valence-electron chi connectivity index (χ4n) is 3.57. The Morgan fingerprint density at radius 3 is 1.67 bits per heavy atom. The standard InChI is InChI=1S/C15H14N2O4/c1-2-15(8-6-4-3-5-7-8)9-11(18)16-13(20)10(15)14(21)17-12(9)19/h3-7,9-10H,2H2,1H3,(H,16,18,20)(H,17,19,21). The molecular weight excluding hydrogens is 272 g/mol. The Hall–Kier alpha value is -2.50. The highest BCUT2D eigenvalue weighted by Gasteiger charge is 2.64. The summed E-state index contributed by atoms with van der Waals surface area (Å²) in [5, 5.41) is 4.28. The highest BCUT2D eigenvalue weighted by atomic mass is 16.2. The van der Waals surface area contributed by atoms with Gasteiger partial charge < -0.3 is 0 Å². The van der Waals surface area contributed by atoms with Crippen LogP contribution in [0, 0.1) is 11.8 Å². The first-order valence-corrected chi connectivity index (χ1v) is 6.77. The molecule has 1 aromatic rings. The lowest BCUT2D eigenvalue weighted by molar-refractivity contribution is -0.160. The summed E-state index contributed by atoms with van der Waals surface area (Å²) in [6.07, 6.45) is 0.338. The summed E-state index contributed by atoms with van der Waals surface area (Å²) in [5.41, 5.74) is -0.450. The maximum Gasteiger partial charge on any atom is 0.240 e. The number of hydrogen-bond donors (Lipinski definition) is 2. The number of nitrogens with one attached hydrogen (secondary N) is 2. The van der Waals surface area contributed by atoms with Crippen LogP contribution < -0.4 is 10.6 Å². The largest absolute Gasteiger partial charge is 0.295 e. The van der Waals surface area contributed by atoms with E-state index in [9.17, 15) is 19.2 Å². The van der Waals surface area contributed by atoms with Gasteiger partial charge in [-0.15, -0.1) is 0 Å². The number of amides is 4. The maximum atomic E-state index is 12.2. The third kappa shape index (κ3) is 1.65. The van der Waals surface area contributed by atoms with Crippen molar-refractivity contribution >= 4 is 23.6 Å². The van der Waals surface area contributed by atoms with E-state index in [1.165, 1.54) is 0 Å². The molecule has 0 aliphatic carbocycles. The molecule has 0 spiro atoms. The molecule has 2 aliphatic rings. The Morgan fingerprint density at radius 2 is 1.29 bits per heavy atom. The summed E-state index contributed by atoms with van der Waals surface area (Å²) < 4.78 is 0. The summed E-state index contributed by atoms with van der Waals surface area (Å²) in [6, 6.07) is 8.83. The summed E-state index contributed by atoms with van der Waals surface area (Å²) in [6.45, 7) is 1.78. The lowest BCUT2D eigenvalue weighted by Crippen LogP contribution is -2.72. The predicted octanol–water partition coefficient (Wildman–Crippen LogP) is -0.120. The Balaban J connectivity index is 2.29. The zero-order valence-corrected chi connectivity index (χ0v) is 11.4. The lowest BCUT2D eigenvalue weighted by atomic mass is 9.56. The van der Waals surface area contributed by atoms with E-state index < -0.39 is 40.9 Å². The van der Waals surface area contributed by atoms with Crippen LogP contribution >= 0.6 is 0 Å². The van der Waals surface area contributed by atoms with Crippen LogP contribution in [-0.4, -0.2) is 23.6 Å². The van der Waals surface area contributed by atoms with Crippen molar-refractivity contribution in [3.8, 4) is 0 Å². The van der Waals surface area contributed by atoms with Crippen molar-refractivity contribution in [3.63, 3.8) is 0 Å². The number of benzene rings is 1. The minimum Gasteiger partial charge on any atom is -0.295 e. The molecule has 0 saturated carbocycles. The van der Waals surface area contributed by atoms with Crippen LogP contribution in [0.4, 0.5) is 0 Å². The lowest BCUT2D eigenvalue weighted by Gasteiger charge is -2.48. The van der Waals surface area contributed by atoms with Crippen LogP contribution in [0.25, 0.3) is 0 Å². The van der Waals surface area contributed by atoms with Crippen molar-refractivity contribution in [2.75, 3.05) is 0 Å². The third-order valence-electron chi connectivity index (χ3n) is 4.47. The Bertz CT molecular complexity index is 591. The van der Waals surface area contributed by atoms with Gasteiger partial charge in [0.2, 0.25) is 23.6 Å². The van der Waals surface area contributed by atoms with Crippen LogP contribution in [-0.2, 0) is 24.6 Å². The zero-order valence-electron chi connectivity index (χ0n) is 11.4. The summed E-state index contributed by atoms with van der Waals surface area (Å²) in [7, 11) is 0. The molecule has 4 amide bonds. The SMILES string of the molecule is CCC1(c2ccccc2)C2C(=O)NC(=O)C1C(=O)NC2=O. The van der Waals surface area contributed by atoms with Gasteiger partial charge in [-0.1, -0.05) is 37.3 Å². The molecule has 2 fully saturated rings. The van der Waals surface area contributed by atoms with Crippen molar-refractivity contribution in [2.45, 2.75) is 18.8 Å². The van der Waals surface area contributed by atoms with E-state index in [0.29, 0.717) is 12.0 Å². The fourth-order valence-corrected chi connectivity index (χ4v) is 3.57. The number of hydrogen-bond acceptors (Lipinski definition) is 4. The Labute approximate surface area is 120 Å². The third-order valence-corrected chi connectivity index (χ3v) is 4.47. The minimum absolute atomic E-state index is 0.338. The monoisotopic (exact) mass is 286 g/mol. The Kier molecular flexibility index (Phi) is 2.90. The molecule has 0 radical (unpaired) electrons. The van der Waals surface area contributed by atoms with Crippen molar-refractivity contribution in [2.24, 2.45) is 11.8 Å². The van der Waals surface area contributed by atoms with Crippen LogP contribution in [0.1, 0.15) is 18.9 Å². The molecule has 2 aliphatic heterocycles. The summed E-state index contributed by atoms with van der Waals surface area (Å²) >= 11 is 0. The molecule has 2 saturated heterocycles. The second-order valence-corrected chi connectivity index (χ2v) is 5.33. The summed E-state index contributed by atoms with van der Waals surface area (Å²) in [5.74, 6) is -4.74. The average molecular weight is 286 g/mol. The number of fused-ring (bicyclic) bond motifs is 2. The molecule has 21 heavy (non-hydrogen) atoms. The van der Waals surface area contributed by atoms with Crippen LogP contribution in [0.15, 0.2) is 30.3 Å². The highest BCUT2D eigenvalue weighted by Crippen LogP contribution is 2.47. The quantitative estimate of drug-likeness (QED) is 0.585. The maximum absolute atomic E-state index is 12.2. The number of piperidine rings is 2. The number of carbonyl (C=O) groups excluding carboxylic acids is 4. The molecule has 0 unspecified atom stereocenters. The van der Waals surface area contributed by atoms with Gasteiger partial charge in [-0.25, -0.2) is 0 Å². The first kappa shape index (κ1) is 13.5. The van der Waals surface area contributed by atoms with Gasteiger partial charge >= 0.3 is 0 Å². The first-order chi connectivity index (χ1) is 10.0. The van der Waals surface area contributed by atoms with Crippen molar-refractivity contribution < 1.29 is 19.2 Å². The Morgan fingerprint density at radius 1 is 0.857 bits per heavy atom. The van der Waals surface area contributed by atoms with Gasteiger partial charge in [0.15, 0.2) is 0 Å². The van der Waals surface area contributed by atoms with E-state index in [1.807, 2.05) is 0 Å². The predicted molar refractivity (Wildman–Crippen MR) is 71.7 cm³/mol. The van der Waals surface area contributed by atoms with Crippen LogP contribution in [0.5, 0.6) is 0 Å². The molecule has 108 valence electrons. The van der Waals surface area contributed by atoms with Gasteiger partial charge in [-0.3, -0.25) is 29.8 Å². The zero-order chi connectivity index (χ0) is 15.2. The number of carbonyl (C=O) groups is 4. The number of rotatable bonds is 2. The van der Waals surface area contributed by atoms with E-state index in [1.54, 1.807) is 37.3 Å². The second kappa shape index (κ2) is 4.51. The molecule has 0 aromatic heterocycles. The molecule has 2 bridgehead atoms. The highest BCUT2D eigenvalue weighted by molar-refractivity contribution is 6.23. The van der Waals surface area contributed by atoms with E-state index in [2.05, 4.69) is 10.6 Å². The van der Waals surface area contributed by atoms with Gasteiger partial charge in [-0.2, -0.15) is 0 Å². The van der Waals surface area contributed by atoms with Gasteiger partial charge in [0.05, 0.1) is 0 Å². The first-order valence-electron chi connectivity index (χ1n) is 6.77. The van der Waals surface area contributed by atoms with E-state index in [4.69, 9.17) is 0 Å². The minimum atomic E-state index is -1.11. The second-order valence-electron chi connectivity index (χ2n) is 5.33. The van der Waals surface area contributed by atoms with Crippen LogP contribution in [0.3, 0.4) is 0 Å². The molecular formula is C15H14N2O4. The van der Waals surface area contributed by atoms with Crippen molar-refractivity contribution in [1.82, 2.24) is 10.6 Å². The van der Waals surface area contributed by atoms with E-state index >= 15 is 0 Å². The molecule has 0 atom stereocenters. The average Bonchev–Trinajstić information content (AvgIpc) is 2.46. The number of imide groups is 2. The molecule has 2 N–H and O–H groups in total. The van der Waals surface area contributed by atoms with Gasteiger partial charge in [0, 0.05) is 5.41 Å². The van der Waals surface area contributed by atoms with Gasteiger partial charge in [0.25, 0.3) is 0 Å². The smallest absolute Gasteiger partial charge is 0.240 e. The van der Waals surface area contributed by atoms with Crippen molar-refractivity contribution in [1.29, 1.82) is 0 Å². The van der Waals surface area contributed by atoms with Gasteiger partial charge in [-0.05, 0) is 12.0 Å². The van der Waals surface area contributed by atoms with E-state index in [0.717, 1.165) is 0 Å². The topological polar surface area (TPSA) is 92.3 Å². The molecule has 6 nitrogen and oxygen atoms in total. The van der Waals surface area contributed by atoms with Crippen molar-refractivity contribution in [3.05, 3.63) is 35.9 Å². The fraction of sp³-hybridized carbons (Fsp3) is 0.333. The normalized spacial score (nSPS) is 31.7. The van der Waals surface area contributed by atoms with E-state index in [-0.39, 0.29) is 0 Å². The van der Waals surface area contributed by atoms with Gasteiger partial charge in [0.1, 0.15) is 11.8 Å². The molecule has 2 heterocycles. The molecule has 3 rings (SSSR count). The summed E-state index contributed by atoms with van der Waals surface area (Å²) in [4.78, 5) is 48.7. The van der Waals surface area contributed by atoms with Crippen LogP contribution in [0.2, 0.25) is 0 Å². The molecule has 6 heteroatoms. The molecule has 1 aromatic carbocycles.